The summed E-state index contributed by atoms with van der Waals surface area (Å²) in [7, 11) is 0. The van der Waals surface area contributed by atoms with E-state index in [0.29, 0.717) is 11.8 Å². The molecule has 0 saturated carbocycles. The molecule has 0 atom stereocenters. The fraction of sp³-hybridized carbons (Fsp3) is 0.308. The minimum atomic E-state index is -0.199. The maximum absolute atomic E-state index is 11.5. The van der Waals surface area contributed by atoms with Gasteiger partial charge in [0.2, 0.25) is 0 Å². The van der Waals surface area contributed by atoms with Crippen molar-refractivity contribution in [1.82, 2.24) is 20.2 Å². The lowest BCUT2D eigenvalue weighted by Crippen LogP contribution is -2.25. The zero-order valence-electron chi connectivity index (χ0n) is 11.4. The van der Waals surface area contributed by atoms with Crippen LogP contribution in [0.3, 0.4) is 0 Å². The molecule has 0 radical (unpaired) electrons. The number of nitrogens with one attached hydrogen (secondary N) is 1. The van der Waals surface area contributed by atoms with E-state index in [2.05, 4.69) is 15.7 Å². The summed E-state index contributed by atoms with van der Waals surface area (Å²) in [6.45, 7) is 4.28. The Bertz CT molecular complexity index is 568. The Labute approximate surface area is 121 Å². The molecule has 20 heavy (non-hydrogen) atoms. The van der Waals surface area contributed by atoms with Gasteiger partial charge in [-0.15, -0.1) is 10.2 Å². The lowest BCUT2D eigenvalue weighted by atomic mass is 10.2. The molecule has 0 saturated heterocycles. The minimum absolute atomic E-state index is 0.199. The van der Waals surface area contributed by atoms with E-state index in [1.54, 1.807) is 13.3 Å². The third-order valence-corrected chi connectivity index (χ3v) is 3.43. The zero-order valence-corrected chi connectivity index (χ0v) is 12.2. The van der Waals surface area contributed by atoms with Crippen molar-refractivity contribution in [1.29, 1.82) is 0 Å². The first kappa shape index (κ1) is 14.5. The first-order chi connectivity index (χ1) is 9.70. The van der Waals surface area contributed by atoms with Crippen molar-refractivity contribution >= 4 is 17.7 Å². The highest BCUT2D eigenvalue weighted by molar-refractivity contribution is 7.99. The Morgan fingerprint density at radius 3 is 2.85 bits per heavy atom. The molecule has 0 spiro atoms. The van der Waals surface area contributed by atoms with Crippen molar-refractivity contribution in [2.75, 3.05) is 12.4 Å². The number of carbonyl (C=O) groups is 1. The van der Waals surface area contributed by atoms with Gasteiger partial charge in [0.15, 0.2) is 5.16 Å². The third kappa shape index (κ3) is 3.82. The van der Waals surface area contributed by atoms with Gasteiger partial charge in [0, 0.05) is 5.69 Å². The number of aromatic nitrogens is 3. The van der Waals surface area contributed by atoms with Crippen molar-refractivity contribution in [2.24, 2.45) is 0 Å². The van der Waals surface area contributed by atoms with Gasteiger partial charge in [0.25, 0.3) is 5.91 Å². The number of hydrogen-bond donors (Lipinski definition) is 1. The number of carbonyl (C=O) groups excluding carboxylic acids is 1. The first-order valence-electron chi connectivity index (χ1n) is 6.21. The quantitative estimate of drug-likeness (QED) is 0.648. The third-order valence-electron chi connectivity index (χ3n) is 2.49. The summed E-state index contributed by atoms with van der Waals surface area (Å²) in [6.07, 6.45) is 1.63. The van der Waals surface area contributed by atoms with Crippen LogP contribution in [0.4, 0.5) is 0 Å². The number of benzene rings is 1. The van der Waals surface area contributed by atoms with E-state index < -0.39 is 0 Å². The predicted octanol–water partition coefficient (Wildman–Crippen LogP) is 1.74. The Morgan fingerprint density at radius 1 is 1.40 bits per heavy atom. The van der Waals surface area contributed by atoms with Gasteiger partial charge in [-0.2, -0.15) is 0 Å². The molecule has 7 heteroatoms. The van der Waals surface area contributed by atoms with Crippen molar-refractivity contribution < 1.29 is 9.63 Å². The highest BCUT2D eigenvalue weighted by Gasteiger charge is 2.09. The van der Waals surface area contributed by atoms with Crippen molar-refractivity contribution in [3.8, 4) is 5.69 Å². The monoisotopic (exact) mass is 292 g/mol. The number of thioether (sulfide) groups is 1. The first-order valence-corrected chi connectivity index (χ1v) is 7.19. The summed E-state index contributed by atoms with van der Waals surface area (Å²) in [5, 5.41) is 8.58. The molecule has 0 aliphatic carbocycles. The Morgan fingerprint density at radius 2 is 2.15 bits per heavy atom. The van der Waals surface area contributed by atoms with Gasteiger partial charge in [0.05, 0.1) is 12.4 Å². The molecule has 1 aromatic heterocycles. The van der Waals surface area contributed by atoms with Crippen LogP contribution in [0.25, 0.3) is 5.69 Å². The SMILES string of the molecule is CCONC(=O)CSc1nncn1-c1ccc(C)cc1. The molecule has 0 bridgehead atoms. The van der Waals surface area contributed by atoms with Crippen molar-refractivity contribution in [3.63, 3.8) is 0 Å². The highest BCUT2D eigenvalue weighted by Crippen LogP contribution is 2.19. The van der Waals surface area contributed by atoms with E-state index in [-0.39, 0.29) is 11.7 Å². The van der Waals surface area contributed by atoms with Crippen molar-refractivity contribution in [3.05, 3.63) is 36.2 Å². The lowest BCUT2D eigenvalue weighted by molar-refractivity contribution is -0.130. The number of hydrogen-bond acceptors (Lipinski definition) is 5. The zero-order chi connectivity index (χ0) is 14.4. The Kier molecular flexibility index (Phi) is 5.14. The van der Waals surface area contributed by atoms with E-state index in [4.69, 9.17) is 4.84 Å². The maximum atomic E-state index is 11.5. The smallest absolute Gasteiger partial charge is 0.254 e. The van der Waals surface area contributed by atoms with E-state index in [1.807, 2.05) is 35.8 Å². The Balaban J connectivity index is 2.02. The molecule has 2 aromatic rings. The summed E-state index contributed by atoms with van der Waals surface area (Å²) in [6, 6.07) is 8.02. The van der Waals surface area contributed by atoms with Gasteiger partial charge in [0.1, 0.15) is 6.33 Å². The second-order valence-electron chi connectivity index (χ2n) is 4.07. The van der Waals surface area contributed by atoms with Gasteiger partial charge in [-0.1, -0.05) is 29.5 Å². The van der Waals surface area contributed by atoms with Crippen LogP contribution < -0.4 is 5.48 Å². The van der Waals surface area contributed by atoms with Crippen LogP contribution in [-0.4, -0.2) is 33.0 Å². The van der Waals surface area contributed by atoms with Gasteiger partial charge in [-0.3, -0.25) is 14.2 Å². The van der Waals surface area contributed by atoms with Gasteiger partial charge < -0.3 is 0 Å². The number of amides is 1. The molecule has 1 N–H and O–H groups in total. The predicted molar refractivity (Wildman–Crippen MR) is 76.6 cm³/mol. The second-order valence-corrected chi connectivity index (χ2v) is 5.01. The average Bonchev–Trinajstić information content (AvgIpc) is 2.92. The lowest BCUT2D eigenvalue weighted by Gasteiger charge is -2.06. The number of nitrogens with zero attached hydrogens (tertiary/aromatic N) is 3. The van der Waals surface area contributed by atoms with Crippen LogP contribution >= 0.6 is 11.8 Å². The molecule has 0 aliphatic rings. The minimum Gasteiger partial charge on any atom is -0.277 e. The molecule has 1 aromatic carbocycles. The Hall–Kier alpha value is -1.86. The summed E-state index contributed by atoms with van der Waals surface area (Å²) in [5.74, 6) is 0.0280. The van der Waals surface area contributed by atoms with Gasteiger partial charge in [-0.25, -0.2) is 5.48 Å². The fourth-order valence-corrected chi connectivity index (χ4v) is 2.23. The normalized spacial score (nSPS) is 10.5. The van der Waals surface area contributed by atoms with Gasteiger partial charge in [-0.05, 0) is 26.0 Å². The topological polar surface area (TPSA) is 69.0 Å². The summed E-state index contributed by atoms with van der Waals surface area (Å²) < 4.78 is 1.85. The molecule has 0 aliphatic heterocycles. The molecular formula is C13H16N4O2S. The van der Waals surface area contributed by atoms with E-state index >= 15 is 0 Å². The molecule has 1 heterocycles. The summed E-state index contributed by atoms with van der Waals surface area (Å²) in [4.78, 5) is 16.3. The molecule has 0 unspecified atom stereocenters. The van der Waals surface area contributed by atoms with Crippen LogP contribution in [0, 0.1) is 6.92 Å². The molecule has 0 fully saturated rings. The van der Waals surface area contributed by atoms with Crippen LogP contribution in [0.5, 0.6) is 0 Å². The molecule has 6 nitrogen and oxygen atoms in total. The van der Waals surface area contributed by atoms with Crippen LogP contribution in [0.1, 0.15) is 12.5 Å². The number of rotatable bonds is 6. The van der Waals surface area contributed by atoms with E-state index in [9.17, 15) is 4.79 Å². The maximum Gasteiger partial charge on any atom is 0.254 e. The molecule has 106 valence electrons. The standard InChI is InChI=1S/C13H16N4O2S/c1-3-19-16-12(18)8-20-13-15-14-9-17(13)11-6-4-10(2)5-7-11/h4-7,9H,3,8H2,1-2H3,(H,16,18). The van der Waals surface area contributed by atoms with Crippen LogP contribution in [0.15, 0.2) is 35.7 Å². The molecule has 1 amide bonds. The summed E-state index contributed by atoms with van der Waals surface area (Å²) >= 11 is 1.31. The average molecular weight is 292 g/mol. The number of hydroxylamine groups is 1. The fourth-order valence-electron chi connectivity index (χ4n) is 1.52. The van der Waals surface area contributed by atoms with Crippen LogP contribution in [0.2, 0.25) is 0 Å². The second kappa shape index (κ2) is 7.06. The largest absolute Gasteiger partial charge is 0.277 e. The van der Waals surface area contributed by atoms with Gasteiger partial charge >= 0.3 is 0 Å². The highest BCUT2D eigenvalue weighted by atomic mass is 32.2. The van der Waals surface area contributed by atoms with Crippen LogP contribution in [-0.2, 0) is 9.63 Å². The van der Waals surface area contributed by atoms with Crippen molar-refractivity contribution in [2.45, 2.75) is 19.0 Å². The van der Waals surface area contributed by atoms with E-state index in [1.165, 1.54) is 17.3 Å². The number of aryl methyl sites for hydroxylation is 1. The summed E-state index contributed by atoms with van der Waals surface area (Å²) in [5.41, 5.74) is 4.50. The molecular weight excluding hydrogens is 276 g/mol. The van der Waals surface area contributed by atoms with E-state index in [0.717, 1.165) is 5.69 Å². The molecule has 2 rings (SSSR count).